The number of allylic oxidation sites excluding steroid dienone is 1. The Morgan fingerprint density at radius 3 is 2.89 bits per heavy atom. The smallest absolute Gasteiger partial charge is 0.262 e. The number of nitriles is 2. The molecule has 94 valence electrons. The second kappa shape index (κ2) is 5.30. The summed E-state index contributed by atoms with van der Waals surface area (Å²) in [5, 5.41) is 22.9. The minimum atomic E-state index is -0.272. The van der Waals surface area contributed by atoms with E-state index in [1.807, 2.05) is 0 Å². The molecule has 0 bridgehead atoms. The van der Waals surface area contributed by atoms with Crippen LogP contribution in [-0.4, -0.2) is 12.5 Å². The number of carbonyl (C=O) groups excluding carboxylic acids is 1. The van der Waals surface area contributed by atoms with Gasteiger partial charge in [-0.15, -0.1) is 0 Å². The molecule has 0 fully saturated rings. The number of halogens is 1. The van der Waals surface area contributed by atoms with Gasteiger partial charge in [-0.05, 0) is 12.1 Å². The molecule has 2 rings (SSSR count). The van der Waals surface area contributed by atoms with E-state index < -0.39 is 0 Å². The maximum Gasteiger partial charge on any atom is 0.262 e. The van der Waals surface area contributed by atoms with E-state index in [4.69, 9.17) is 26.9 Å². The molecule has 1 heterocycles. The van der Waals surface area contributed by atoms with Gasteiger partial charge in [0.25, 0.3) is 5.91 Å². The first-order valence-corrected chi connectivity index (χ1v) is 5.55. The van der Waals surface area contributed by atoms with Crippen LogP contribution in [0.3, 0.4) is 0 Å². The fourth-order valence-corrected chi connectivity index (χ4v) is 1.76. The number of benzene rings is 1. The predicted octanol–water partition coefficient (Wildman–Crippen LogP) is 2.01. The predicted molar refractivity (Wildman–Crippen MR) is 68.5 cm³/mol. The van der Waals surface area contributed by atoms with Gasteiger partial charge in [0.15, 0.2) is 12.4 Å². The Hall–Kier alpha value is -2.70. The van der Waals surface area contributed by atoms with Gasteiger partial charge < -0.3 is 15.4 Å². The van der Waals surface area contributed by atoms with Gasteiger partial charge >= 0.3 is 0 Å². The van der Waals surface area contributed by atoms with E-state index in [1.165, 1.54) is 6.20 Å². The molecule has 19 heavy (non-hydrogen) atoms. The molecule has 6 nitrogen and oxygen atoms in total. The molecular weight excluding hydrogens is 268 g/mol. The Morgan fingerprint density at radius 2 is 2.21 bits per heavy atom. The largest absolute Gasteiger partial charge is 0.480 e. The van der Waals surface area contributed by atoms with Crippen molar-refractivity contribution < 1.29 is 9.53 Å². The molecule has 0 spiro atoms. The molecule has 0 saturated carbocycles. The number of hydrogen-bond donors (Lipinski definition) is 2. The minimum Gasteiger partial charge on any atom is -0.480 e. The SMILES string of the molecule is N#CC(C#N)=CNc1cc(Cl)c2c(c1)NC(=O)CO2. The maximum absolute atomic E-state index is 11.2. The molecular formula is C12H7ClN4O2. The molecule has 1 aromatic carbocycles. The Balaban J connectivity index is 2.30. The van der Waals surface area contributed by atoms with Gasteiger partial charge in [-0.25, -0.2) is 0 Å². The summed E-state index contributed by atoms with van der Waals surface area (Å²) < 4.78 is 5.20. The van der Waals surface area contributed by atoms with E-state index in [2.05, 4.69) is 10.6 Å². The average Bonchev–Trinajstić information content (AvgIpc) is 2.39. The number of carbonyl (C=O) groups is 1. The Bertz CT molecular complexity index is 639. The van der Waals surface area contributed by atoms with E-state index in [9.17, 15) is 4.79 Å². The topological polar surface area (TPSA) is 97.9 Å². The first-order chi connectivity index (χ1) is 9.13. The highest BCUT2D eigenvalue weighted by molar-refractivity contribution is 6.33. The molecule has 0 aromatic heterocycles. The number of rotatable bonds is 2. The number of nitrogens with zero attached hydrogens (tertiary/aromatic N) is 2. The zero-order chi connectivity index (χ0) is 13.8. The standard InChI is InChI=1S/C12H7ClN4O2/c13-9-1-8(16-5-7(3-14)4-15)2-10-12(9)19-6-11(18)17-10/h1-2,5,16H,6H2,(H,17,18). The first-order valence-electron chi connectivity index (χ1n) is 5.17. The molecule has 7 heteroatoms. The summed E-state index contributed by atoms with van der Waals surface area (Å²) in [6.07, 6.45) is 1.25. The molecule has 0 atom stereocenters. The van der Waals surface area contributed by atoms with Crippen LogP contribution in [0, 0.1) is 22.7 Å². The Kier molecular flexibility index (Phi) is 3.56. The monoisotopic (exact) mass is 274 g/mol. The fourth-order valence-electron chi connectivity index (χ4n) is 1.49. The normalized spacial score (nSPS) is 12.1. The fraction of sp³-hybridized carbons (Fsp3) is 0.0833. The van der Waals surface area contributed by atoms with Gasteiger partial charge in [0.2, 0.25) is 0 Å². The number of hydrogen-bond acceptors (Lipinski definition) is 5. The van der Waals surface area contributed by atoms with Crippen LogP contribution in [0.15, 0.2) is 23.9 Å². The van der Waals surface area contributed by atoms with Crippen molar-refractivity contribution in [3.05, 3.63) is 28.9 Å². The van der Waals surface area contributed by atoms with E-state index >= 15 is 0 Å². The molecule has 1 aliphatic heterocycles. The van der Waals surface area contributed by atoms with E-state index in [-0.39, 0.29) is 18.1 Å². The summed E-state index contributed by atoms with van der Waals surface area (Å²) in [5.74, 6) is 0.127. The summed E-state index contributed by atoms with van der Waals surface area (Å²) in [4.78, 5) is 11.2. The van der Waals surface area contributed by atoms with Crippen molar-refractivity contribution >= 4 is 28.9 Å². The van der Waals surface area contributed by atoms with Crippen LogP contribution in [0.4, 0.5) is 11.4 Å². The third-order valence-electron chi connectivity index (χ3n) is 2.29. The quantitative estimate of drug-likeness (QED) is 0.804. The van der Waals surface area contributed by atoms with Crippen LogP contribution in [0.25, 0.3) is 0 Å². The van der Waals surface area contributed by atoms with Gasteiger partial charge in [-0.1, -0.05) is 11.6 Å². The van der Waals surface area contributed by atoms with E-state index in [1.54, 1.807) is 24.3 Å². The third-order valence-corrected chi connectivity index (χ3v) is 2.57. The Morgan fingerprint density at radius 1 is 1.47 bits per heavy atom. The van der Waals surface area contributed by atoms with Crippen molar-refractivity contribution in [2.75, 3.05) is 17.2 Å². The number of amides is 1. The van der Waals surface area contributed by atoms with Crippen LogP contribution in [0.1, 0.15) is 0 Å². The highest BCUT2D eigenvalue weighted by Gasteiger charge is 2.19. The summed E-state index contributed by atoms with van der Waals surface area (Å²) in [6.45, 7) is -0.0770. The highest BCUT2D eigenvalue weighted by atomic mass is 35.5. The number of nitrogens with one attached hydrogen (secondary N) is 2. The van der Waals surface area contributed by atoms with Crippen LogP contribution in [-0.2, 0) is 4.79 Å². The van der Waals surface area contributed by atoms with E-state index in [0.717, 1.165) is 0 Å². The second-order valence-corrected chi connectivity index (χ2v) is 4.00. The lowest BCUT2D eigenvalue weighted by molar-refractivity contribution is -0.118. The molecule has 0 unspecified atom stereocenters. The van der Waals surface area contributed by atoms with Crippen molar-refractivity contribution in [2.24, 2.45) is 0 Å². The van der Waals surface area contributed by atoms with Crippen molar-refractivity contribution in [2.45, 2.75) is 0 Å². The van der Waals surface area contributed by atoms with Gasteiger partial charge in [0, 0.05) is 11.9 Å². The molecule has 1 amide bonds. The lowest BCUT2D eigenvalue weighted by Crippen LogP contribution is -2.25. The van der Waals surface area contributed by atoms with Gasteiger partial charge in [0.05, 0.1) is 10.7 Å². The van der Waals surface area contributed by atoms with Crippen molar-refractivity contribution in [1.29, 1.82) is 10.5 Å². The van der Waals surface area contributed by atoms with Crippen LogP contribution >= 0.6 is 11.6 Å². The summed E-state index contributed by atoms with van der Waals surface area (Å²) in [6, 6.07) is 6.60. The highest BCUT2D eigenvalue weighted by Crippen LogP contribution is 2.38. The zero-order valence-corrected chi connectivity index (χ0v) is 10.3. The molecule has 0 aliphatic carbocycles. The lowest BCUT2D eigenvalue weighted by atomic mass is 10.2. The molecule has 1 aromatic rings. The summed E-state index contributed by atoms with van der Waals surface area (Å²) >= 11 is 6.01. The lowest BCUT2D eigenvalue weighted by Gasteiger charge is -2.19. The van der Waals surface area contributed by atoms with Gasteiger partial charge in [-0.3, -0.25) is 4.79 Å². The van der Waals surface area contributed by atoms with Gasteiger partial charge in [-0.2, -0.15) is 10.5 Å². The van der Waals surface area contributed by atoms with Crippen LogP contribution in [0.2, 0.25) is 5.02 Å². The number of ether oxygens (including phenoxy) is 1. The van der Waals surface area contributed by atoms with Crippen molar-refractivity contribution in [3.8, 4) is 17.9 Å². The van der Waals surface area contributed by atoms with E-state index in [0.29, 0.717) is 22.1 Å². The second-order valence-electron chi connectivity index (χ2n) is 3.60. The maximum atomic E-state index is 11.2. The third kappa shape index (κ3) is 2.76. The summed E-state index contributed by atoms with van der Waals surface area (Å²) in [5.41, 5.74) is 0.891. The summed E-state index contributed by atoms with van der Waals surface area (Å²) in [7, 11) is 0. The molecule has 0 radical (unpaired) electrons. The van der Waals surface area contributed by atoms with Crippen LogP contribution in [0.5, 0.6) is 5.75 Å². The average molecular weight is 275 g/mol. The molecule has 0 saturated heterocycles. The van der Waals surface area contributed by atoms with Crippen molar-refractivity contribution in [1.82, 2.24) is 0 Å². The number of anilines is 2. The van der Waals surface area contributed by atoms with Crippen LogP contribution < -0.4 is 15.4 Å². The molecule has 1 aliphatic rings. The number of fused-ring (bicyclic) bond motifs is 1. The molecule has 2 N–H and O–H groups in total. The first kappa shape index (κ1) is 12.7. The Labute approximate surface area is 113 Å². The zero-order valence-electron chi connectivity index (χ0n) is 9.53. The minimum absolute atomic E-state index is 0.0749. The van der Waals surface area contributed by atoms with Crippen molar-refractivity contribution in [3.63, 3.8) is 0 Å². The van der Waals surface area contributed by atoms with Gasteiger partial charge in [0.1, 0.15) is 17.7 Å².